The van der Waals surface area contributed by atoms with E-state index in [0.29, 0.717) is 17.3 Å². The summed E-state index contributed by atoms with van der Waals surface area (Å²) in [6.07, 6.45) is 3.47. The highest BCUT2D eigenvalue weighted by molar-refractivity contribution is 5.93. The second-order valence-corrected chi connectivity index (χ2v) is 4.74. The van der Waals surface area contributed by atoms with E-state index in [0.717, 1.165) is 23.2 Å². The van der Waals surface area contributed by atoms with Gasteiger partial charge >= 0.3 is 0 Å². The first-order valence-electron chi connectivity index (χ1n) is 6.79. The van der Waals surface area contributed by atoms with E-state index in [1.165, 1.54) is 6.07 Å². The van der Waals surface area contributed by atoms with Crippen LogP contribution < -0.4 is 10.6 Å². The Morgan fingerprint density at radius 2 is 2.14 bits per heavy atom. The van der Waals surface area contributed by atoms with Gasteiger partial charge in [0.2, 0.25) is 5.95 Å². The maximum atomic E-state index is 13.7. The number of hydrogen-bond donors (Lipinski definition) is 3. The second-order valence-electron chi connectivity index (χ2n) is 4.74. The standard InChI is InChI=1S/C15H16FN5/c1-3-17-15-19-8-9(2)14(21-15)20-12-5-4-11(16)13-10(12)6-7-18-13/h4-8,18H,3H2,1-2H3,(H2,17,19,20,21). The van der Waals surface area contributed by atoms with Gasteiger partial charge in [0.25, 0.3) is 0 Å². The van der Waals surface area contributed by atoms with Crippen molar-refractivity contribution in [2.24, 2.45) is 0 Å². The van der Waals surface area contributed by atoms with Crippen molar-refractivity contribution >= 4 is 28.4 Å². The van der Waals surface area contributed by atoms with Gasteiger partial charge in [0, 0.05) is 35.6 Å². The summed E-state index contributed by atoms with van der Waals surface area (Å²) in [5.41, 5.74) is 2.21. The van der Waals surface area contributed by atoms with Crippen LogP contribution in [0.1, 0.15) is 12.5 Å². The number of halogens is 1. The average molecular weight is 285 g/mol. The van der Waals surface area contributed by atoms with Gasteiger partial charge < -0.3 is 15.6 Å². The van der Waals surface area contributed by atoms with Crippen LogP contribution in [0.15, 0.2) is 30.6 Å². The van der Waals surface area contributed by atoms with Crippen molar-refractivity contribution in [1.82, 2.24) is 15.0 Å². The molecule has 1 aromatic carbocycles. The van der Waals surface area contributed by atoms with Crippen LogP contribution >= 0.6 is 0 Å². The number of rotatable bonds is 4. The highest BCUT2D eigenvalue weighted by Gasteiger charge is 2.09. The van der Waals surface area contributed by atoms with E-state index in [1.54, 1.807) is 18.5 Å². The van der Waals surface area contributed by atoms with Gasteiger partial charge in [-0.25, -0.2) is 9.37 Å². The van der Waals surface area contributed by atoms with E-state index >= 15 is 0 Å². The summed E-state index contributed by atoms with van der Waals surface area (Å²) in [7, 11) is 0. The summed E-state index contributed by atoms with van der Waals surface area (Å²) in [6, 6.07) is 4.98. The number of nitrogens with one attached hydrogen (secondary N) is 3. The number of nitrogens with zero attached hydrogens (tertiary/aromatic N) is 2. The first kappa shape index (κ1) is 13.4. The minimum Gasteiger partial charge on any atom is -0.359 e. The SMILES string of the molecule is CCNc1ncc(C)c(Nc2ccc(F)c3[nH]ccc23)n1. The topological polar surface area (TPSA) is 65.6 Å². The molecule has 0 saturated heterocycles. The summed E-state index contributed by atoms with van der Waals surface area (Å²) >= 11 is 0. The number of H-pyrrole nitrogens is 1. The zero-order chi connectivity index (χ0) is 14.8. The molecule has 0 saturated carbocycles. The highest BCUT2D eigenvalue weighted by Crippen LogP contribution is 2.28. The molecule has 0 bridgehead atoms. The molecule has 108 valence electrons. The lowest BCUT2D eigenvalue weighted by atomic mass is 10.2. The third-order valence-corrected chi connectivity index (χ3v) is 3.23. The van der Waals surface area contributed by atoms with Crippen molar-refractivity contribution < 1.29 is 4.39 Å². The summed E-state index contributed by atoms with van der Waals surface area (Å²) in [5.74, 6) is 1.00. The molecular weight excluding hydrogens is 269 g/mol. The van der Waals surface area contributed by atoms with E-state index in [-0.39, 0.29) is 5.82 Å². The Balaban J connectivity index is 2.00. The molecular formula is C15H16FN5. The lowest BCUT2D eigenvalue weighted by Crippen LogP contribution is -2.05. The number of anilines is 3. The van der Waals surface area contributed by atoms with Crippen LogP contribution in [-0.4, -0.2) is 21.5 Å². The average Bonchev–Trinajstić information content (AvgIpc) is 2.96. The molecule has 2 aromatic heterocycles. The van der Waals surface area contributed by atoms with E-state index in [2.05, 4.69) is 25.6 Å². The third kappa shape index (κ3) is 2.52. The van der Waals surface area contributed by atoms with Gasteiger partial charge in [-0.3, -0.25) is 0 Å². The van der Waals surface area contributed by atoms with Crippen LogP contribution in [-0.2, 0) is 0 Å². The molecule has 3 N–H and O–H groups in total. The molecule has 0 aliphatic heterocycles. The molecule has 0 aliphatic carbocycles. The van der Waals surface area contributed by atoms with E-state index in [1.807, 2.05) is 19.9 Å². The van der Waals surface area contributed by atoms with Crippen LogP contribution in [0, 0.1) is 12.7 Å². The fourth-order valence-corrected chi connectivity index (χ4v) is 2.17. The zero-order valence-corrected chi connectivity index (χ0v) is 11.9. The van der Waals surface area contributed by atoms with Gasteiger partial charge in [0.05, 0.1) is 5.52 Å². The van der Waals surface area contributed by atoms with Crippen molar-refractivity contribution in [2.75, 3.05) is 17.2 Å². The molecule has 0 spiro atoms. The molecule has 0 amide bonds. The van der Waals surface area contributed by atoms with E-state index in [9.17, 15) is 4.39 Å². The fraction of sp³-hybridized carbons (Fsp3) is 0.200. The first-order valence-corrected chi connectivity index (χ1v) is 6.79. The van der Waals surface area contributed by atoms with Crippen LogP contribution in [0.3, 0.4) is 0 Å². The van der Waals surface area contributed by atoms with Crippen molar-refractivity contribution in [1.29, 1.82) is 0 Å². The quantitative estimate of drug-likeness (QED) is 0.685. The summed E-state index contributed by atoms with van der Waals surface area (Å²) in [4.78, 5) is 11.5. The van der Waals surface area contributed by atoms with E-state index < -0.39 is 0 Å². The van der Waals surface area contributed by atoms with Crippen LogP contribution in [0.5, 0.6) is 0 Å². The molecule has 2 heterocycles. The molecule has 5 nitrogen and oxygen atoms in total. The maximum absolute atomic E-state index is 13.7. The predicted octanol–water partition coefficient (Wildman–Crippen LogP) is 3.58. The van der Waals surface area contributed by atoms with Gasteiger partial charge in [0.1, 0.15) is 11.6 Å². The number of fused-ring (bicyclic) bond motifs is 1. The normalized spacial score (nSPS) is 10.8. The molecule has 6 heteroatoms. The lowest BCUT2D eigenvalue weighted by molar-refractivity contribution is 0.637. The van der Waals surface area contributed by atoms with Gasteiger partial charge in [-0.2, -0.15) is 4.98 Å². The van der Waals surface area contributed by atoms with Gasteiger partial charge in [-0.05, 0) is 32.0 Å². The number of aromatic nitrogens is 3. The van der Waals surface area contributed by atoms with E-state index in [4.69, 9.17) is 0 Å². The number of aromatic amines is 1. The maximum Gasteiger partial charge on any atom is 0.224 e. The molecule has 0 atom stereocenters. The highest BCUT2D eigenvalue weighted by atomic mass is 19.1. The van der Waals surface area contributed by atoms with Gasteiger partial charge in [-0.1, -0.05) is 0 Å². The Kier molecular flexibility index (Phi) is 3.43. The van der Waals surface area contributed by atoms with Crippen molar-refractivity contribution in [3.05, 3.63) is 42.0 Å². The largest absolute Gasteiger partial charge is 0.359 e. The van der Waals surface area contributed by atoms with Crippen LogP contribution in [0.25, 0.3) is 10.9 Å². The molecule has 0 unspecified atom stereocenters. The zero-order valence-electron chi connectivity index (χ0n) is 11.9. The molecule has 21 heavy (non-hydrogen) atoms. The summed E-state index contributed by atoms with van der Waals surface area (Å²) < 4.78 is 13.7. The minimum atomic E-state index is -0.270. The summed E-state index contributed by atoms with van der Waals surface area (Å²) in [5, 5.41) is 7.11. The lowest BCUT2D eigenvalue weighted by Gasteiger charge is -2.11. The monoisotopic (exact) mass is 285 g/mol. The van der Waals surface area contributed by atoms with Crippen LogP contribution in [0.2, 0.25) is 0 Å². The fourth-order valence-electron chi connectivity index (χ4n) is 2.17. The second kappa shape index (κ2) is 5.40. The molecule has 3 aromatic rings. The Morgan fingerprint density at radius 1 is 1.29 bits per heavy atom. The molecule has 0 radical (unpaired) electrons. The third-order valence-electron chi connectivity index (χ3n) is 3.23. The molecule has 0 aliphatic rings. The Morgan fingerprint density at radius 3 is 2.95 bits per heavy atom. The van der Waals surface area contributed by atoms with Crippen molar-refractivity contribution in [2.45, 2.75) is 13.8 Å². The molecule has 0 fully saturated rings. The van der Waals surface area contributed by atoms with Crippen LogP contribution in [0.4, 0.5) is 21.8 Å². The molecule has 3 rings (SSSR count). The Hall–Kier alpha value is -2.63. The van der Waals surface area contributed by atoms with Crippen molar-refractivity contribution in [3.63, 3.8) is 0 Å². The minimum absolute atomic E-state index is 0.270. The first-order chi connectivity index (χ1) is 10.2. The Labute approximate surface area is 121 Å². The number of aryl methyl sites for hydroxylation is 1. The smallest absolute Gasteiger partial charge is 0.224 e. The number of benzene rings is 1. The van der Waals surface area contributed by atoms with Gasteiger partial charge in [0.15, 0.2) is 0 Å². The van der Waals surface area contributed by atoms with Gasteiger partial charge in [-0.15, -0.1) is 0 Å². The Bertz CT molecular complexity index is 781. The van der Waals surface area contributed by atoms with Crippen molar-refractivity contribution in [3.8, 4) is 0 Å². The summed E-state index contributed by atoms with van der Waals surface area (Å²) in [6.45, 7) is 4.66. The predicted molar refractivity (Wildman–Crippen MR) is 82.5 cm³/mol. The number of hydrogen-bond acceptors (Lipinski definition) is 4.